The molecule has 2 aromatic rings. The highest BCUT2D eigenvalue weighted by Crippen LogP contribution is 2.25. The zero-order chi connectivity index (χ0) is 17.1. The van der Waals surface area contributed by atoms with Crippen LogP contribution in [-0.4, -0.2) is 24.3 Å². The zero-order valence-electron chi connectivity index (χ0n) is 12.8. The van der Waals surface area contributed by atoms with E-state index >= 15 is 0 Å². The van der Waals surface area contributed by atoms with Gasteiger partial charge in [0, 0.05) is 24.3 Å². The molecule has 24 heavy (non-hydrogen) atoms. The summed E-state index contributed by atoms with van der Waals surface area (Å²) < 4.78 is 0. The topological polar surface area (TPSA) is 89.5 Å². The average molecular weight is 323 g/mol. The van der Waals surface area contributed by atoms with E-state index < -0.39 is 11.9 Å². The molecule has 1 aliphatic heterocycles. The second-order valence-electron chi connectivity index (χ2n) is 5.59. The van der Waals surface area contributed by atoms with Gasteiger partial charge in [-0.3, -0.25) is 9.59 Å². The van der Waals surface area contributed by atoms with E-state index in [0.29, 0.717) is 12.2 Å². The van der Waals surface area contributed by atoms with Gasteiger partial charge >= 0.3 is 0 Å². The molecule has 0 bridgehead atoms. The fourth-order valence-corrected chi connectivity index (χ4v) is 2.67. The van der Waals surface area contributed by atoms with Crippen LogP contribution in [0.4, 0.5) is 11.4 Å². The summed E-state index contributed by atoms with van der Waals surface area (Å²) in [6.45, 7) is 0.325. The van der Waals surface area contributed by atoms with Gasteiger partial charge in [-0.25, -0.2) is 0 Å². The molecule has 0 aliphatic carbocycles. The summed E-state index contributed by atoms with van der Waals surface area (Å²) >= 11 is 0. The molecule has 0 aromatic heterocycles. The van der Waals surface area contributed by atoms with Crippen LogP contribution in [0.3, 0.4) is 0 Å². The van der Waals surface area contributed by atoms with Crippen molar-refractivity contribution in [3.8, 4) is 0 Å². The molecule has 2 aromatic carbocycles. The van der Waals surface area contributed by atoms with Crippen molar-refractivity contribution >= 4 is 29.2 Å². The van der Waals surface area contributed by atoms with Gasteiger partial charge in [0.2, 0.25) is 11.8 Å². The van der Waals surface area contributed by atoms with Crippen LogP contribution < -0.4 is 15.3 Å². The lowest BCUT2D eigenvalue weighted by molar-refractivity contribution is -0.255. The SMILES string of the molecule is O=C([O-])c1ccc(NC(=O)[C@@H]2CC(=O)N(c3ccccc3)C2)cc1. The molecule has 0 radical (unpaired) electrons. The lowest BCUT2D eigenvalue weighted by Crippen LogP contribution is -2.28. The largest absolute Gasteiger partial charge is 0.545 e. The lowest BCUT2D eigenvalue weighted by atomic mass is 10.1. The Hall–Kier alpha value is -3.15. The fraction of sp³-hybridized carbons (Fsp3) is 0.167. The highest BCUT2D eigenvalue weighted by atomic mass is 16.4. The molecule has 6 nitrogen and oxygen atoms in total. The Labute approximate surface area is 138 Å². The number of anilines is 2. The number of rotatable bonds is 4. The highest BCUT2D eigenvalue weighted by Gasteiger charge is 2.35. The molecule has 0 saturated carbocycles. The van der Waals surface area contributed by atoms with Crippen molar-refractivity contribution in [3.63, 3.8) is 0 Å². The first-order valence-corrected chi connectivity index (χ1v) is 7.52. The third-order valence-corrected chi connectivity index (χ3v) is 3.95. The Morgan fingerprint density at radius 2 is 1.71 bits per heavy atom. The normalized spacial score (nSPS) is 16.9. The van der Waals surface area contributed by atoms with Gasteiger partial charge in [-0.05, 0) is 29.8 Å². The maximum Gasteiger partial charge on any atom is 0.229 e. The summed E-state index contributed by atoms with van der Waals surface area (Å²) in [6.07, 6.45) is 0.151. The molecule has 1 atom stereocenters. The predicted octanol–water partition coefficient (Wildman–Crippen LogP) is 1.04. The first-order valence-electron chi connectivity index (χ1n) is 7.52. The van der Waals surface area contributed by atoms with Crippen LogP contribution in [0.2, 0.25) is 0 Å². The Morgan fingerprint density at radius 3 is 2.33 bits per heavy atom. The van der Waals surface area contributed by atoms with Crippen molar-refractivity contribution in [2.45, 2.75) is 6.42 Å². The van der Waals surface area contributed by atoms with Gasteiger partial charge in [0.25, 0.3) is 0 Å². The monoisotopic (exact) mass is 323 g/mol. The molecule has 1 saturated heterocycles. The lowest BCUT2D eigenvalue weighted by Gasteiger charge is -2.16. The Kier molecular flexibility index (Phi) is 4.29. The smallest absolute Gasteiger partial charge is 0.229 e. The molecular weight excluding hydrogens is 308 g/mol. The Balaban J connectivity index is 1.66. The van der Waals surface area contributed by atoms with Gasteiger partial charge in [-0.2, -0.15) is 0 Å². The summed E-state index contributed by atoms with van der Waals surface area (Å²) in [5.41, 5.74) is 1.30. The minimum Gasteiger partial charge on any atom is -0.545 e. The molecule has 0 unspecified atom stereocenters. The van der Waals surface area contributed by atoms with Crippen LogP contribution in [0.5, 0.6) is 0 Å². The number of carbonyl (C=O) groups excluding carboxylic acids is 3. The van der Waals surface area contributed by atoms with Crippen molar-refractivity contribution in [2.75, 3.05) is 16.8 Å². The van der Waals surface area contributed by atoms with Crippen LogP contribution in [0, 0.1) is 5.92 Å². The minimum absolute atomic E-state index is 0.0410. The van der Waals surface area contributed by atoms with Crippen molar-refractivity contribution in [1.82, 2.24) is 0 Å². The summed E-state index contributed by atoms with van der Waals surface area (Å²) in [4.78, 5) is 36.8. The number of nitrogens with zero attached hydrogens (tertiary/aromatic N) is 1. The number of benzene rings is 2. The minimum atomic E-state index is -1.27. The molecule has 0 spiro atoms. The second kappa shape index (κ2) is 6.54. The van der Waals surface area contributed by atoms with E-state index in [1.165, 1.54) is 24.3 Å². The number of carbonyl (C=O) groups is 3. The molecule has 6 heteroatoms. The molecule has 1 aliphatic rings. The van der Waals surface area contributed by atoms with Crippen LogP contribution in [0.15, 0.2) is 54.6 Å². The van der Waals surface area contributed by atoms with Crippen LogP contribution >= 0.6 is 0 Å². The van der Waals surface area contributed by atoms with Crippen LogP contribution in [0.25, 0.3) is 0 Å². The first-order chi connectivity index (χ1) is 11.5. The van der Waals surface area contributed by atoms with E-state index in [1.54, 1.807) is 4.90 Å². The van der Waals surface area contributed by atoms with Crippen LogP contribution in [0.1, 0.15) is 16.8 Å². The van der Waals surface area contributed by atoms with Gasteiger partial charge < -0.3 is 20.1 Å². The molecule has 3 rings (SSSR count). The van der Waals surface area contributed by atoms with Crippen molar-refractivity contribution in [2.24, 2.45) is 5.92 Å². The van der Waals surface area contributed by atoms with Gasteiger partial charge in [0.1, 0.15) is 0 Å². The maximum atomic E-state index is 12.3. The van der Waals surface area contributed by atoms with E-state index in [9.17, 15) is 19.5 Å². The standard InChI is InChI=1S/C18H16N2O4/c21-16-10-13(11-20(16)15-4-2-1-3-5-15)17(22)19-14-8-6-12(7-9-14)18(23)24/h1-9,13H,10-11H2,(H,19,22)(H,23,24)/p-1/t13-/m1/s1. The van der Waals surface area contributed by atoms with E-state index in [4.69, 9.17) is 0 Å². The number of hydrogen-bond acceptors (Lipinski definition) is 4. The number of carboxylic acids is 1. The van der Waals surface area contributed by atoms with E-state index in [1.807, 2.05) is 30.3 Å². The highest BCUT2D eigenvalue weighted by molar-refractivity contribution is 6.03. The molecule has 1 heterocycles. The van der Waals surface area contributed by atoms with E-state index in [0.717, 1.165) is 5.69 Å². The third kappa shape index (κ3) is 3.27. The number of aromatic carboxylic acids is 1. The predicted molar refractivity (Wildman–Crippen MR) is 86.3 cm³/mol. The van der Waals surface area contributed by atoms with Crippen molar-refractivity contribution in [3.05, 3.63) is 60.2 Å². The van der Waals surface area contributed by atoms with Crippen molar-refractivity contribution < 1.29 is 19.5 Å². The molecule has 1 N–H and O–H groups in total. The molecule has 122 valence electrons. The maximum absolute atomic E-state index is 12.3. The van der Waals surface area contributed by atoms with Gasteiger partial charge in [-0.15, -0.1) is 0 Å². The molecule has 2 amide bonds. The second-order valence-corrected chi connectivity index (χ2v) is 5.59. The average Bonchev–Trinajstić information content (AvgIpc) is 2.98. The van der Waals surface area contributed by atoms with Gasteiger partial charge in [0.05, 0.1) is 11.9 Å². The molecular formula is C18H15N2O4-. The summed E-state index contributed by atoms with van der Waals surface area (Å²) in [7, 11) is 0. The zero-order valence-corrected chi connectivity index (χ0v) is 12.8. The third-order valence-electron chi connectivity index (χ3n) is 3.95. The quantitative estimate of drug-likeness (QED) is 0.910. The van der Waals surface area contributed by atoms with E-state index in [2.05, 4.69) is 5.32 Å². The number of para-hydroxylation sites is 1. The summed E-state index contributed by atoms with van der Waals surface area (Å²) in [6, 6.07) is 14.9. The summed E-state index contributed by atoms with van der Waals surface area (Å²) in [5.74, 6) is -2.07. The fourth-order valence-electron chi connectivity index (χ4n) is 2.67. The van der Waals surface area contributed by atoms with Crippen LogP contribution in [-0.2, 0) is 9.59 Å². The Morgan fingerprint density at radius 1 is 1.04 bits per heavy atom. The summed E-state index contributed by atoms with van der Waals surface area (Å²) in [5, 5.41) is 13.4. The number of nitrogens with one attached hydrogen (secondary N) is 1. The van der Waals surface area contributed by atoms with Gasteiger partial charge in [-0.1, -0.05) is 30.3 Å². The number of hydrogen-bond donors (Lipinski definition) is 1. The number of carboxylic acid groups (broad SMARTS) is 1. The number of amides is 2. The molecule has 1 fully saturated rings. The van der Waals surface area contributed by atoms with Gasteiger partial charge in [0.15, 0.2) is 0 Å². The van der Waals surface area contributed by atoms with E-state index in [-0.39, 0.29) is 23.8 Å². The van der Waals surface area contributed by atoms with Crippen molar-refractivity contribution in [1.29, 1.82) is 0 Å². The Bertz CT molecular complexity index is 771. The first kappa shape index (κ1) is 15.7.